The SMILES string of the molecule is CC(Nc1c(N)cnc2ccc(Br)cc12)c1nn[nH]n1. The third-order valence-electron chi connectivity index (χ3n) is 2.97. The van der Waals surface area contributed by atoms with Gasteiger partial charge in [-0.15, -0.1) is 10.2 Å². The third-order valence-corrected chi connectivity index (χ3v) is 3.46. The van der Waals surface area contributed by atoms with Crippen molar-refractivity contribution in [2.75, 3.05) is 11.1 Å². The third kappa shape index (κ3) is 2.29. The van der Waals surface area contributed by atoms with Crippen molar-refractivity contribution in [3.63, 3.8) is 0 Å². The van der Waals surface area contributed by atoms with Gasteiger partial charge in [0, 0.05) is 9.86 Å². The second-order valence-corrected chi connectivity index (χ2v) is 5.30. The number of pyridine rings is 1. The Hall–Kier alpha value is -2.22. The summed E-state index contributed by atoms with van der Waals surface area (Å²) in [6, 6.07) is 5.73. The number of hydrogen-bond donors (Lipinski definition) is 3. The lowest BCUT2D eigenvalue weighted by Crippen LogP contribution is -2.11. The second-order valence-electron chi connectivity index (χ2n) is 4.39. The molecule has 0 radical (unpaired) electrons. The van der Waals surface area contributed by atoms with Crippen molar-refractivity contribution in [2.45, 2.75) is 13.0 Å². The lowest BCUT2D eigenvalue weighted by atomic mass is 10.1. The van der Waals surface area contributed by atoms with E-state index in [1.807, 2.05) is 25.1 Å². The molecule has 0 aliphatic heterocycles. The van der Waals surface area contributed by atoms with E-state index in [0.29, 0.717) is 11.5 Å². The fourth-order valence-corrected chi connectivity index (χ4v) is 2.34. The van der Waals surface area contributed by atoms with Crippen LogP contribution >= 0.6 is 15.9 Å². The largest absolute Gasteiger partial charge is 0.396 e. The van der Waals surface area contributed by atoms with Crippen LogP contribution in [-0.2, 0) is 0 Å². The first-order valence-electron chi connectivity index (χ1n) is 5.99. The van der Waals surface area contributed by atoms with Gasteiger partial charge in [0.25, 0.3) is 0 Å². The van der Waals surface area contributed by atoms with Crippen molar-refractivity contribution >= 4 is 38.2 Å². The summed E-state index contributed by atoms with van der Waals surface area (Å²) < 4.78 is 0.965. The highest BCUT2D eigenvalue weighted by molar-refractivity contribution is 9.10. The zero-order valence-electron chi connectivity index (χ0n) is 10.6. The highest BCUT2D eigenvalue weighted by atomic mass is 79.9. The Kier molecular flexibility index (Phi) is 3.23. The van der Waals surface area contributed by atoms with Crippen LogP contribution in [0.15, 0.2) is 28.9 Å². The fraction of sp³-hybridized carbons (Fsp3) is 0.167. The number of nitrogens with one attached hydrogen (secondary N) is 2. The van der Waals surface area contributed by atoms with E-state index in [0.717, 1.165) is 21.1 Å². The van der Waals surface area contributed by atoms with Crippen LogP contribution in [0.25, 0.3) is 10.9 Å². The predicted molar refractivity (Wildman–Crippen MR) is 80.1 cm³/mol. The number of fused-ring (bicyclic) bond motifs is 1. The highest BCUT2D eigenvalue weighted by Crippen LogP contribution is 2.32. The smallest absolute Gasteiger partial charge is 0.196 e. The van der Waals surface area contributed by atoms with Crippen molar-refractivity contribution in [3.8, 4) is 0 Å². The van der Waals surface area contributed by atoms with Crippen molar-refractivity contribution in [2.24, 2.45) is 0 Å². The van der Waals surface area contributed by atoms with Gasteiger partial charge in [0.05, 0.1) is 29.1 Å². The fourth-order valence-electron chi connectivity index (χ4n) is 1.98. The molecule has 8 heteroatoms. The molecular weight excluding hydrogens is 322 g/mol. The molecule has 0 saturated heterocycles. The quantitative estimate of drug-likeness (QED) is 0.678. The van der Waals surface area contributed by atoms with Gasteiger partial charge in [-0.3, -0.25) is 4.98 Å². The van der Waals surface area contributed by atoms with E-state index in [9.17, 15) is 0 Å². The standard InChI is InChI=1S/C12H12BrN7/c1-6(12-17-19-20-18-12)16-11-8-4-7(13)2-3-10(8)15-5-9(11)14/h2-6H,14H2,1H3,(H,15,16)(H,17,18,19,20). The minimum atomic E-state index is -0.124. The molecule has 2 aromatic heterocycles. The molecule has 4 N–H and O–H groups in total. The van der Waals surface area contributed by atoms with Gasteiger partial charge in [0.2, 0.25) is 0 Å². The van der Waals surface area contributed by atoms with Gasteiger partial charge in [0.1, 0.15) is 0 Å². The second kappa shape index (κ2) is 5.04. The minimum Gasteiger partial charge on any atom is -0.396 e. The van der Waals surface area contributed by atoms with Gasteiger partial charge in [-0.1, -0.05) is 21.1 Å². The highest BCUT2D eigenvalue weighted by Gasteiger charge is 2.14. The van der Waals surface area contributed by atoms with Gasteiger partial charge < -0.3 is 11.1 Å². The number of nitrogen functional groups attached to an aromatic ring is 1. The van der Waals surface area contributed by atoms with Crippen molar-refractivity contribution < 1.29 is 0 Å². The number of rotatable bonds is 3. The Bertz CT molecular complexity index is 736. The van der Waals surface area contributed by atoms with Crippen LogP contribution in [0.4, 0.5) is 11.4 Å². The molecule has 0 fully saturated rings. The van der Waals surface area contributed by atoms with Crippen LogP contribution in [0, 0.1) is 0 Å². The molecule has 0 aliphatic rings. The molecule has 2 heterocycles. The topological polar surface area (TPSA) is 105 Å². The van der Waals surface area contributed by atoms with Crippen molar-refractivity contribution in [1.29, 1.82) is 0 Å². The molecule has 1 atom stereocenters. The first kappa shape index (κ1) is 12.8. The number of tetrazole rings is 1. The van der Waals surface area contributed by atoms with Crippen molar-refractivity contribution in [1.82, 2.24) is 25.6 Å². The van der Waals surface area contributed by atoms with Crippen LogP contribution in [0.2, 0.25) is 0 Å². The van der Waals surface area contributed by atoms with Crippen molar-refractivity contribution in [3.05, 3.63) is 34.7 Å². The number of anilines is 2. The Balaban J connectivity index is 2.06. The minimum absolute atomic E-state index is 0.124. The number of halogens is 1. The van der Waals surface area contributed by atoms with E-state index < -0.39 is 0 Å². The first-order chi connectivity index (χ1) is 9.65. The zero-order chi connectivity index (χ0) is 14.1. The number of nitrogens with two attached hydrogens (primary N) is 1. The maximum atomic E-state index is 6.03. The first-order valence-corrected chi connectivity index (χ1v) is 6.78. The average Bonchev–Trinajstić information content (AvgIpc) is 2.96. The summed E-state index contributed by atoms with van der Waals surface area (Å²) in [5.41, 5.74) is 8.29. The molecule has 1 unspecified atom stereocenters. The molecular formula is C12H12BrN7. The van der Waals surface area contributed by atoms with Gasteiger partial charge >= 0.3 is 0 Å². The van der Waals surface area contributed by atoms with Gasteiger partial charge in [0.15, 0.2) is 5.82 Å². The van der Waals surface area contributed by atoms with Crippen LogP contribution in [0.5, 0.6) is 0 Å². The Morgan fingerprint density at radius 1 is 1.40 bits per heavy atom. The molecule has 0 amide bonds. The van der Waals surface area contributed by atoms with Gasteiger partial charge in [-0.2, -0.15) is 5.21 Å². The molecule has 0 spiro atoms. The summed E-state index contributed by atoms with van der Waals surface area (Å²) in [5, 5.41) is 18.2. The van der Waals surface area contributed by atoms with E-state index >= 15 is 0 Å². The maximum Gasteiger partial charge on any atom is 0.196 e. The predicted octanol–water partition coefficient (Wildman–Crippen LogP) is 2.27. The van der Waals surface area contributed by atoms with E-state index in [4.69, 9.17) is 5.73 Å². The average molecular weight is 334 g/mol. The number of aromatic nitrogens is 5. The Morgan fingerprint density at radius 2 is 2.25 bits per heavy atom. The van der Waals surface area contributed by atoms with E-state index in [1.165, 1.54) is 0 Å². The molecule has 3 aromatic rings. The van der Waals surface area contributed by atoms with Gasteiger partial charge in [-0.05, 0) is 25.1 Å². The summed E-state index contributed by atoms with van der Waals surface area (Å²) in [5.74, 6) is 0.573. The molecule has 102 valence electrons. The van der Waals surface area contributed by atoms with Crippen LogP contribution in [-0.4, -0.2) is 25.6 Å². The van der Waals surface area contributed by atoms with Gasteiger partial charge in [-0.25, -0.2) is 0 Å². The number of H-pyrrole nitrogens is 1. The number of benzene rings is 1. The Labute approximate surface area is 123 Å². The van der Waals surface area contributed by atoms with E-state index in [2.05, 4.69) is 46.9 Å². The van der Waals surface area contributed by atoms with Crippen LogP contribution < -0.4 is 11.1 Å². The monoisotopic (exact) mass is 333 g/mol. The summed E-state index contributed by atoms with van der Waals surface area (Å²) in [6.07, 6.45) is 1.64. The molecule has 0 aliphatic carbocycles. The summed E-state index contributed by atoms with van der Waals surface area (Å²) >= 11 is 3.46. The number of aromatic amines is 1. The molecule has 0 bridgehead atoms. The lowest BCUT2D eigenvalue weighted by Gasteiger charge is -2.16. The molecule has 1 aromatic carbocycles. The molecule has 3 rings (SSSR count). The van der Waals surface area contributed by atoms with Crippen LogP contribution in [0.1, 0.15) is 18.8 Å². The zero-order valence-corrected chi connectivity index (χ0v) is 12.2. The summed E-state index contributed by atoms with van der Waals surface area (Å²) in [6.45, 7) is 1.94. The summed E-state index contributed by atoms with van der Waals surface area (Å²) in [4.78, 5) is 4.32. The van der Waals surface area contributed by atoms with E-state index in [1.54, 1.807) is 6.20 Å². The summed E-state index contributed by atoms with van der Waals surface area (Å²) in [7, 11) is 0. The molecule has 7 nitrogen and oxygen atoms in total. The van der Waals surface area contributed by atoms with Crippen LogP contribution in [0.3, 0.4) is 0 Å². The maximum absolute atomic E-state index is 6.03. The Morgan fingerprint density at radius 3 is 3.00 bits per heavy atom. The number of hydrogen-bond acceptors (Lipinski definition) is 6. The molecule has 20 heavy (non-hydrogen) atoms. The number of nitrogens with zero attached hydrogens (tertiary/aromatic N) is 4. The normalized spacial score (nSPS) is 12.5. The lowest BCUT2D eigenvalue weighted by molar-refractivity contribution is 0.795. The van der Waals surface area contributed by atoms with E-state index in [-0.39, 0.29) is 6.04 Å². The molecule has 0 saturated carbocycles.